The molecule has 0 heterocycles. The molecule has 1 unspecified atom stereocenters. The minimum Gasteiger partial charge on any atom is -0.320 e. The monoisotopic (exact) mass is 305 g/mol. The predicted octanol–water partition coefficient (Wildman–Crippen LogP) is 2.05. The number of fused-ring (bicyclic) bond motifs is 1. The first-order valence-corrected chi connectivity index (χ1v) is 8.23. The molecular formula is C15H19N3O2S. The third kappa shape index (κ3) is 3.29. The Morgan fingerprint density at radius 3 is 2.43 bits per heavy atom. The minimum atomic E-state index is -3.32. The Hall–Kier alpha value is -1.76. The number of amides is 1. The highest BCUT2D eigenvalue weighted by molar-refractivity contribution is 7.92. The predicted molar refractivity (Wildman–Crippen MR) is 84.8 cm³/mol. The summed E-state index contributed by atoms with van der Waals surface area (Å²) in [6.07, 6.45) is 0. The van der Waals surface area contributed by atoms with Crippen molar-refractivity contribution < 1.29 is 9.00 Å². The second-order valence-electron chi connectivity index (χ2n) is 5.25. The highest BCUT2D eigenvalue weighted by Crippen LogP contribution is 2.23. The maximum absolute atomic E-state index is 12.7. The molecule has 0 aliphatic rings. The lowest BCUT2D eigenvalue weighted by Gasteiger charge is -2.13. The maximum Gasteiger partial charge on any atom is 0.272 e. The molecule has 0 saturated carbocycles. The van der Waals surface area contributed by atoms with Crippen molar-refractivity contribution >= 4 is 26.6 Å². The van der Waals surface area contributed by atoms with Crippen molar-refractivity contribution in [2.24, 2.45) is 21.2 Å². The van der Waals surface area contributed by atoms with Gasteiger partial charge in [0.25, 0.3) is 5.91 Å². The highest BCUT2D eigenvalue weighted by Gasteiger charge is 2.20. The molecule has 0 aliphatic carbocycles. The molecule has 2 rings (SSSR count). The van der Waals surface area contributed by atoms with Crippen LogP contribution in [0.15, 0.2) is 51.7 Å². The number of hydrogen-bond acceptors (Lipinski definition) is 3. The average Bonchev–Trinajstić information content (AvgIpc) is 2.45. The maximum atomic E-state index is 12.7. The number of nitrogens with two attached hydrogens (primary N) is 2. The lowest BCUT2D eigenvalue weighted by atomic mass is 10.1. The minimum absolute atomic E-state index is 0.0935. The van der Waals surface area contributed by atoms with Crippen LogP contribution in [0, 0.1) is 5.92 Å². The van der Waals surface area contributed by atoms with Crippen LogP contribution < -0.4 is 10.9 Å². The number of benzene rings is 2. The normalized spacial score (nSPS) is 15.7. The summed E-state index contributed by atoms with van der Waals surface area (Å²) in [7, 11) is -3.32. The van der Waals surface area contributed by atoms with E-state index in [2.05, 4.69) is 4.36 Å². The summed E-state index contributed by atoms with van der Waals surface area (Å²) in [5.74, 6) is -0.727. The quantitative estimate of drug-likeness (QED) is 0.907. The molecule has 0 spiro atoms. The van der Waals surface area contributed by atoms with Crippen molar-refractivity contribution in [2.45, 2.75) is 24.8 Å². The lowest BCUT2D eigenvalue weighted by Crippen LogP contribution is -2.35. The van der Waals surface area contributed by atoms with Crippen molar-refractivity contribution in [2.75, 3.05) is 0 Å². The van der Waals surface area contributed by atoms with Gasteiger partial charge in [-0.2, -0.15) is 0 Å². The number of hydrogen-bond donors (Lipinski definition) is 2. The van der Waals surface area contributed by atoms with E-state index in [0.29, 0.717) is 4.90 Å². The summed E-state index contributed by atoms with van der Waals surface area (Å²) in [5.41, 5.74) is 5.73. The Morgan fingerprint density at radius 2 is 1.76 bits per heavy atom. The zero-order chi connectivity index (χ0) is 15.6. The van der Waals surface area contributed by atoms with Crippen LogP contribution in [0.25, 0.3) is 10.8 Å². The zero-order valence-electron chi connectivity index (χ0n) is 12.0. The summed E-state index contributed by atoms with van der Waals surface area (Å²) >= 11 is 0. The van der Waals surface area contributed by atoms with Crippen LogP contribution in [0.5, 0.6) is 0 Å². The Morgan fingerprint density at radius 1 is 1.14 bits per heavy atom. The van der Waals surface area contributed by atoms with Crippen molar-refractivity contribution in [3.05, 3.63) is 42.5 Å². The van der Waals surface area contributed by atoms with Crippen LogP contribution in [0.4, 0.5) is 0 Å². The molecule has 0 aliphatic heterocycles. The smallest absolute Gasteiger partial charge is 0.272 e. The van der Waals surface area contributed by atoms with Gasteiger partial charge in [-0.3, -0.25) is 4.79 Å². The molecule has 2 atom stereocenters. The molecule has 0 aromatic heterocycles. The number of rotatable bonds is 3. The first-order chi connectivity index (χ1) is 9.83. The van der Waals surface area contributed by atoms with E-state index in [1.807, 2.05) is 24.3 Å². The van der Waals surface area contributed by atoms with Gasteiger partial charge in [-0.15, -0.1) is 4.36 Å². The van der Waals surface area contributed by atoms with Crippen LogP contribution >= 0.6 is 0 Å². The van der Waals surface area contributed by atoms with Gasteiger partial charge in [0.1, 0.15) is 9.92 Å². The summed E-state index contributed by atoms with van der Waals surface area (Å²) in [6.45, 7) is 3.60. The van der Waals surface area contributed by atoms with E-state index in [4.69, 9.17) is 10.9 Å². The summed E-state index contributed by atoms with van der Waals surface area (Å²) in [6, 6.07) is 11.8. The van der Waals surface area contributed by atoms with Gasteiger partial charge >= 0.3 is 0 Å². The Bertz CT molecular complexity index is 787. The van der Waals surface area contributed by atoms with Crippen molar-refractivity contribution in [1.29, 1.82) is 0 Å². The van der Waals surface area contributed by atoms with E-state index in [0.717, 1.165) is 10.8 Å². The van der Waals surface area contributed by atoms with Crippen LogP contribution in [0.3, 0.4) is 0 Å². The van der Waals surface area contributed by atoms with Crippen LogP contribution in [0.1, 0.15) is 13.8 Å². The fourth-order valence-electron chi connectivity index (χ4n) is 1.98. The second-order valence-corrected chi connectivity index (χ2v) is 7.00. The Kier molecular flexibility index (Phi) is 4.41. The average molecular weight is 305 g/mol. The largest absolute Gasteiger partial charge is 0.320 e. The SMILES string of the molecule is CC(C)[C@H](N)C(=O)N=S(N)(=O)c1cccc2ccccc12. The molecule has 0 bridgehead atoms. The molecule has 0 fully saturated rings. The highest BCUT2D eigenvalue weighted by atomic mass is 32.2. The fourth-order valence-corrected chi connectivity index (χ4v) is 3.24. The van der Waals surface area contributed by atoms with Gasteiger partial charge < -0.3 is 5.73 Å². The molecule has 21 heavy (non-hydrogen) atoms. The van der Waals surface area contributed by atoms with E-state index < -0.39 is 21.9 Å². The van der Waals surface area contributed by atoms with Gasteiger partial charge in [-0.05, 0) is 17.4 Å². The molecular weight excluding hydrogens is 286 g/mol. The molecule has 4 N–H and O–H groups in total. The van der Waals surface area contributed by atoms with E-state index in [9.17, 15) is 9.00 Å². The molecule has 0 radical (unpaired) electrons. The zero-order valence-corrected chi connectivity index (χ0v) is 12.8. The van der Waals surface area contributed by atoms with E-state index in [1.54, 1.807) is 32.0 Å². The first-order valence-electron chi connectivity index (χ1n) is 6.65. The summed E-state index contributed by atoms with van der Waals surface area (Å²) in [4.78, 5) is 12.3. The van der Waals surface area contributed by atoms with E-state index in [1.165, 1.54) is 0 Å². The molecule has 1 amide bonds. The fraction of sp³-hybridized carbons (Fsp3) is 0.267. The third-order valence-corrected chi connectivity index (χ3v) is 4.73. The van der Waals surface area contributed by atoms with Crippen LogP contribution in [-0.4, -0.2) is 16.2 Å². The van der Waals surface area contributed by atoms with Crippen LogP contribution in [-0.2, 0) is 14.7 Å². The molecule has 112 valence electrons. The van der Waals surface area contributed by atoms with E-state index in [-0.39, 0.29) is 5.92 Å². The second kappa shape index (κ2) is 5.93. The number of carbonyl (C=O) groups is 1. The number of nitrogens with zero attached hydrogens (tertiary/aromatic N) is 1. The molecule has 2 aromatic carbocycles. The van der Waals surface area contributed by atoms with Gasteiger partial charge in [-0.25, -0.2) is 9.35 Å². The molecule has 2 aromatic rings. The first kappa shape index (κ1) is 15.6. The van der Waals surface area contributed by atoms with Crippen molar-refractivity contribution in [3.8, 4) is 0 Å². The Balaban J connectivity index is 2.57. The summed E-state index contributed by atoms with van der Waals surface area (Å²) < 4.78 is 16.4. The van der Waals surface area contributed by atoms with Gasteiger partial charge in [-0.1, -0.05) is 50.2 Å². The van der Waals surface area contributed by atoms with Gasteiger partial charge in [0.05, 0.1) is 10.9 Å². The number of carbonyl (C=O) groups excluding carboxylic acids is 1. The van der Waals surface area contributed by atoms with Gasteiger partial charge in [0, 0.05) is 5.39 Å². The third-order valence-electron chi connectivity index (χ3n) is 3.29. The lowest BCUT2D eigenvalue weighted by molar-refractivity contribution is -0.119. The molecule has 6 heteroatoms. The standard InChI is InChI=1S/C15H19N3O2S/c1-10(2)14(16)15(19)18-21(17,20)13-9-5-7-11-6-3-4-8-12(11)13/h3-10,14H,16H2,1-2H3,(H2,17,18,19,20)/t14-,21?/m0/s1. The molecule has 5 nitrogen and oxygen atoms in total. The van der Waals surface area contributed by atoms with Crippen molar-refractivity contribution in [3.63, 3.8) is 0 Å². The van der Waals surface area contributed by atoms with E-state index >= 15 is 0 Å². The van der Waals surface area contributed by atoms with Gasteiger partial charge in [0.2, 0.25) is 0 Å². The Labute approximate surface area is 124 Å². The van der Waals surface area contributed by atoms with Crippen molar-refractivity contribution in [1.82, 2.24) is 0 Å². The molecule has 0 saturated heterocycles. The topological polar surface area (TPSA) is 98.5 Å². The summed E-state index contributed by atoms with van der Waals surface area (Å²) in [5, 5.41) is 7.44. The van der Waals surface area contributed by atoms with Crippen LogP contribution in [0.2, 0.25) is 0 Å². The van der Waals surface area contributed by atoms with Gasteiger partial charge in [0.15, 0.2) is 0 Å².